The van der Waals surface area contributed by atoms with E-state index in [1.54, 1.807) is 6.92 Å². The van der Waals surface area contributed by atoms with Gasteiger partial charge < -0.3 is 20.1 Å². The third-order valence-corrected chi connectivity index (χ3v) is 1.15. The molecule has 0 aromatic heterocycles. The molecule has 78 valence electrons. The molecule has 0 fully saturated rings. The van der Waals surface area contributed by atoms with Gasteiger partial charge in [-0.25, -0.2) is 4.79 Å². The Morgan fingerprint density at radius 2 is 1.85 bits per heavy atom. The Morgan fingerprint density at radius 3 is 1.85 bits per heavy atom. The molecular formula is C8H16O5. The van der Waals surface area contributed by atoms with E-state index in [0.29, 0.717) is 0 Å². The highest BCUT2D eigenvalue weighted by Crippen LogP contribution is 2.02. The van der Waals surface area contributed by atoms with Crippen molar-refractivity contribution < 1.29 is 24.9 Å². The maximum Gasteiger partial charge on any atom is 0.330 e. The molecule has 0 rings (SSSR count). The van der Waals surface area contributed by atoms with Gasteiger partial charge in [0, 0.05) is 19.1 Å². The molecule has 5 heteroatoms. The van der Waals surface area contributed by atoms with Crippen LogP contribution in [-0.2, 0) is 9.53 Å². The van der Waals surface area contributed by atoms with E-state index in [1.807, 2.05) is 0 Å². The van der Waals surface area contributed by atoms with Gasteiger partial charge in [-0.1, -0.05) is 13.5 Å². The molecule has 0 atom stereocenters. The van der Waals surface area contributed by atoms with Crippen LogP contribution >= 0.6 is 0 Å². The second kappa shape index (κ2) is 6.59. The Morgan fingerprint density at radius 1 is 1.54 bits per heavy atom. The van der Waals surface area contributed by atoms with Crippen LogP contribution in [0.3, 0.4) is 0 Å². The van der Waals surface area contributed by atoms with Gasteiger partial charge >= 0.3 is 5.97 Å². The van der Waals surface area contributed by atoms with E-state index in [9.17, 15) is 4.79 Å². The van der Waals surface area contributed by atoms with Gasteiger partial charge in [-0.3, -0.25) is 0 Å². The van der Waals surface area contributed by atoms with Gasteiger partial charge in [-0.15, -0.1) is 0 Å². The number of aliphatic carboxylic acids is 1. The molecule has 0 spiro atoms. The van der Waals surface area contributed by atoms with E-state index in [1.165, 1.54) is 14.0 Å². The first-order valence-corrected chi connectivity index (χ1v) is 3.65. The van der Waals surface area contributed by atoms with Gasteiger partial charge in [0.05, 0.1) is 0 Å². The molecule has 13 heavy (non-hydrogen) atoms. The van der Waals surface area contributed by atoms with Gasteiger partial charge in [-0.05, 0) is 6.92 Å². The summed E-state index contributed by atoms with van der Waals surface area (Å²) in [5.74, 6) is -2.85. The van der Waals surface area contributed by atoms with Gasteiger partial charge in [0.25, 0.3) is 5.97 Å². The van der Waals surface area contributed by atoms with Crippen LogP contribution in [0.5, 0.6) is 0 Å². The Balaban J connectivity index is 0. The standard InChI is InChI=1S/C4H10O3.C4H6O2/c1-3-4(5,6)7-2;1-3(2)4(5)6/h5-6H,3H2,1-2H3;1H2,2H3,(H,5,6). The predicted octanol–water partition coefficient (Wildman–Crippen LogP) is 0.328. The number of aliphatic hydroxyl groups is 2. The van der Waals surface area contributed by atoms with E-state index < -0.39 is 11.9 Å². The van der Waals surface area contributed by atoms with E-state index >= 15 is 0 Å². The fraction of sp³-hybridized carbons (Fsp3) is 0.625. The lowest BCUT2D eigenvalue weighted by Gasteiger charge is -2.15. The van der Waals surface area contributed by atoms with E-state index in [-0.39, 0.29) is 12.0 Å². The summed E-state index contributed by atoms with van der Waals surface area (Å²) in [5.41, 5.74) is 0.176. The quantitative estimate of drug-likeness (QED) is 0.443. The Hall–Kier alpha value is -0.910. The summed E-state index contributed by atoms with van der Waals surface area (Å²) in [6.07, 6.45) is 0.184. The van der Waals surface area contributed by atoms with Gasteiger partial charge in [-0.2, -0.15) is 0 Å². The number of rotatable bonds is 3. The summed E-state index contributed by atoms with van der Waals surface area (Å²) in [4.78, 5) is 9.60. The van der Waals surface area contributed by atoms with Crippen LogP contribution in [0.15, 0.2) is 12.2 Å². The molecule has 0 saturated carbocycles. The van der Waals surface area contributed by atoms with Gasteiger partial charge in [0.2, 0.25) is 0 Å². The SMILES string of the molecule is C=C(C)C(=O)O.CCC(O)(O)OC. The monoisotopic (exact) mass is 192 g/mol. The third kappa shape index (κ3) is 11.1. The Kier molecular flexibility index (Phi) is 7.40. The molecule has 0 aromatic carbocycles. The Bertz CT molecular complexity index is 155. The second-order valence-corrected chi connectivity index (χ2v) is 2.39. The molecule has 0 aliphatic rings. The summed E-state index contributed by atoms with van der Waals surface area (Å²) in [7, 11) is 1.24. The summed E-state index contributed by atoms with van der Waals surface area (Å²) >= 11 is 0. The summed E-state index contributed by atoms with van der Waals surface area (Å²) < 4.78 is 4.20. The number of hydrogen-bond acceptors (Lipinski definition) is 4. The van der Waals surface area contributed by atoms with Crippen LogP contribution in [0.2, 0.25) is 0 Å². The third-order valence-electron chi connectivity index (χ3n) is 1.15. The molecule has 0 bridgehead atoms. The normalized spacial score (nSPS) is 9.92. The molecule has 0 unspecified atom stereocenters. The van der Waals surface area contributed by atoms with Crippen LogP contribution in [0.4, 0.5) is 0 Å². The van der Waals surface area contributed by atoms with Crippen LogP contribution < -0.4 is 0 Å². The van der Waals surface area contributed by atoms with E-state index in [4.69, 9.17) is 15.3 Å². The Labute approximate surface area is 77.3 Å². The first kappa shape index (κ1) is 14.6. The highest BCUT2D eigenvalue weighted by Gasteiger charge is 2.17. The van der Waals surface area contributed by atoms with Crippen molar-refractivity contribution in [1.82, 2.24) is 0 Å². The minimum atomic E-state index is -1.92. The van der Waals surface area contributed by atoms with Crippen molar-refractivity contribution in [3.63, 3.8) is 0 Å². The van der Waals surface area contributed by atoms with Crippen molar-refractivity contribution in [3.05, 3.63) is 12.2 Å². The molecule has 0 aliphatic heterocycles. The van der Waals surface area contributed by atoms with Crippen molar-refractivity contribution in [2.45, 2.75) is 26.2 Å². The minimum Gasteiger partial charge on any atom is -0.478 e. The molecule has 0 aromatic rings. The van der Waals surface area contributed by atoms with Crippen LogP contribution in [0.1, 0.15) is 20.3 Å². The molecule has 0 saturated heterocycles. The zero-order valence-electron chi connectivity index (χ0n) is 8.07. The number of carboxylic acids is 1. The zero-order valence-corrected chi connectivity index (χ0v) is 8.07. The van der Waals surface area contributed by atoms with Crippen molar-refractivity contribution in [1.29, 1.82) is 0 Å². The summed E-state index contributed by atoms with van der Waals surface area (Å²) in [6, 6.07) is 0. The lowest BCUT2D eigenvalue weighted by Crippen LogP contribution is -2.28. The van der Waals surface area contributed by atoms with Gasteiger partial charge in [0.15, 0.2) is 0 Å². The average molecular weight is 192 g/mol. The fourth-order valence-electron chi connectivity index (χ4n) is 0.144. The van der Waals surface area contributed by atoms with Crippen LogP contribution in [0.25, 0.3) is 0 Å². The smallest absolute Gasteiger partial charge is 0.330 e. The molecule has 0 radical (unpaired) electrons. The van der Waals surface area contributed by atoms with Crippen molar-refractivity contribution >= 4 is 5.97 Å². The number of hydrogen-bond donors (Lipinski definition) is 3. The van der Waals surface area contributed by atoms with E-state index in [0.717, 1.165) is 0 Å². The molecule has 0 heterocycles. The van der Waals surface area contributed by atoms with Crippen LogP contribution in [-0.4, -0.2) is 34.4 Å². The molecule has 3 N–H and O–H groups in total. The van der Waals surface area contributed by atoms with Crippen molar-refractivity contribution in [2.24, 2.45) is 0 Å². The molecule has 0 aliphatic carbocycles. The highest BCUT2D eigenvalue weighted by molar-refractivity contribution is 5.84. The largest absolute Gasteiger partial charge is 0.478 e. The number of carbonyl (C=O) groups is 1. The lowest BCUT2D eigenvalue weighted by molar-refractivity contribution is -0.326. The zero-order chi connectivity index (χ0) is 11.1. The van der Waals surface area contributed by atoms with Crippen LogP contribution in [0, 0.1) is 0 Å². The number of methoxy groups -OCH3 is 1. The summed E-state index contributed by atoms with van der Waals surface area (Å²) in [6.45, 7) is 6.22. The number of carboxylic acid groups (broad SMARTS) is 1. The maximum atomic E-state index is 9.60. The number of ether oxygens (including phenoxy) is 1. The molecule has 5 nitrogen and oxygen atoms in total. The lowest BCUT2D eigenvalue weighted by atomic mass is 10.4. The summed E-state index contributed by atoms with van der Waals surface area (Å²) in [5, 5.41) is 24.8. The van der Waals surface area contributed by atoms with Crippen molar-refractivity contribution in [3.8, 4) is 0 Å². The second-order valence-electron chi connectivity index (χ2n) is 2.39. The minimum absolute atomic E-state index is 0.176. The first-order valence-electron chi connectivity index (χ1n) is 3.65. The van der Waals surface area contributed by atoms with Crippen molar-refractivity contribution in [2.75, 3.05) is 7.11 Å². The van der Waals surface area contributed by atoms with Gasteiger partial charge in [0.1, 0.15) is 0 Å². The molecule has 0 amide bonds. The maximum absolute atomic E-state index is 9.60. The van der Waals surface area contributed by atoms with E-state index in [2.05, 4.69) is 11.3 Å². The first-order chi connectivity index (χ1) is 5.76. The molecular weight excluding hydrogens is 176 g/mol. The topological polar surface area (TPSA) is 87.0 Å². The fourth-order valence-corrected chi connectivity index (χ4v) is 0.144. The predicted molar refractivity (Wildman–Crippen MR) is 46.9 cm³/mol. The average Bonchev–Trinajstić information content (AvgIpc) is 2.05. The highest BCUT2D eigenvalue weighted by atomic mass is 16.8.